The van der Waals surface area contributed by atoms with Crippen molar-refractivity contribution in [2.45, 2.75) is 39.3 Å². The number of urea groups is 1. The van der Waals surface area contributed by atoms with Gasteiger partial charge in [-0.1, -0.05) is 30.7 Å². The van der Waals surface area contributed by atoms with E-state index in [0.717, 1.165) is 12.0 Å². The van der Waals surface area contributed by atoms with Crippen molar-refractivity contribution < 1.29 is 14.9 Å². The molecule has 116 valence electrons. The predicted molar refractivity (Wildman–Crippen MR) is 83.1 cm³/mol. The van der Waals surface area contributed by atoms with Crippen LogP contribution in [0.5, 0.6) is 0 Å². The maximum absolute atomic E-state index is 11.7. The number of carbonyl (C=O) groups excluding carboxylic acids is 2. The van der Waals surface area contributed by atoms with E-state index in [1.165, 1.54) is 0 Å². The van der Waals surface area contributed by atoms with Crippen molar-refractivity contribution in [1.29, 1.82) is 0 Å². The van der Waals surface area contributed by atoms with Crippen molar-refractivity contribution in [3.8, 4) is 0 Å². The zero-order valence-corrected chi connectivity index (χ0v) is 13.4. The number of carbonyl (C=O) groups is 2. The normalized spacial score (nSPS) is 13.3. The Kier molecular flexibility index (Phi) is 7.19. The van der Waals surface area contributed by atoms with Gasteiger partial charge in [0.05, 0.1) is 0 Å². The summed E-state index contributed by atoms with van der Waals surface area (Å²) in [6.45, 7) is 6.04. The smallest absolute Gasteiger partial charge is 0.321 e. The van der Waals surface area contributed by atoms with Crippen molar-refractivity contribution in [3.05, 3.63) is 34.9 Å². The van der Waals surface area contributed by atoms with Gasteiger partial charge >= 0.3 is 6.03 Å². The van der Waals surface area contributed by atoms with Crippen molar-refractivity contribution in [3.63, 3.8) is 0 Å². The van der Waals surface area contributed by atoms with Gasteiger partial charge in [0.25, 0.3) is 5.91 Å². The highest BCUT2D eigenvalue weighted by Crippen LogP contribution is 2.13. The lowest BCUT2D eigenvalue weighted by atomic mass is 10.1. The van der Waals surface area contributed by atoms with Crippen LogP contribution in [0.15, 0.2) is 24.3 Å². The van der Waals surface area contributed by atoms with Gasteiger partial charge in [0, 0.05) is 16.6 Å². The molecule has 0 aliphatic heterocycles. The number of halogens is 1. The quantitative estimate of drug-likeness (QED) is 0.746. The number of amides is 3. The van der Waals surface area contributed by atoms with Crippen LogP contribution < -0.4 is 16.0 Å². The third kappa shape index (κ3) is 6.60. The summed E-state index contributed by atoms with van der Waals surface area (Å²) in [6.07, 6.45) is 0.821. The summed E-state index contributed by atoms with van der Waals surface area (Å²) in [5.41, 5.74) is 1.08. The van der Waals surface area contributed by atoms with E-state index in [2.05, 4.69) is 10.6 Å². The topological polar surface area (TPSA) is 74.8 Å². The molecule has 0 aromatic heterocycles. The Labute approximate surface area is 130 Å². The maximum Gasteiger partial charge on any atom is 0.321 e. The lowest BCUT2D eigenvalue weighted by Crippen LogP contribution is -2.87. The molecule has 0 spiro atoms. The lowest BCUT2D eigenvalue weighted by molar-refractivity contribution is -0.682. The van der Waals surface area contributed by atoms with E-state index in [0.29, 0.717) is 5.02 Å². The first-order chi connectivity index (χ1) is 9.92. The van der Waals surface area contributed by atoms with Crippen molar-refractivity contribution in [2.24, 2.45) is 0 Å². The van der Waals surface area contributed by atoms with Crippen LogP contribution in [0, 0.1) is 0 Å². The minimum absolute atomic E-state index is 0.0507. The fraction of sp³-hybridized carbons (Fsp3) is 0.467. The minimum Gasteiger partial charge on any atom is -0.335 e. The number of rotatable bonds is 6. The number of hydrogen-bond acceptors (Lipinski definition) is 2. The molecule has 1 aromatic rings. The number of hydrogen-bond donors (Lipinski definition) is 3. The van der Waals surface area contributed by atoms with E-state index >= 15 is 0 Å². The van der Waals surface area contributed by atoms with Crippen LogP contribution in [-0.2, 0) is 4.79 Å². The summed E-state index contributed by atoms with van der Waals surface area (Å²) in [5, 5.41) is 7.56. The zero-order valence-electron chi connectivity index (χ0n) is 12.7. The van der Waals surface area contributed by atoms with Gasteiger partial charge in [-0.15, -0.1) is 0 Å². The molecule has 3 amide bonds. The lowest BCUT2D eigenvalue weighted by Gasteiger charge is -2.13. The molecule has 1 rings (SSSR count). The highest BCUT2D eigenvalue weighted by molar-refractivity contribution is 6.30. The molecule has 1 aromatic carbocycles. The Balaban J connectivity index is 2.35. The van der Waals surface area contributed by atoms with E-state index in [9.17, 15) is 9.59 Å². The predicted octanol–water partition coefficient (Wildman–Crippen LogP) is 1.59. The average Bonchev–Trinajstić information content (AvgIpc) is 2.45. The Morgan fingerprint density at radius 3 is 2.43 bits per heavy atom. The molecule has 0 heterocycles. The molecule has 2 atom stereocenters. The molecular weight excluding hydrogens is 290 g/mol. The highest BCUT2D eigenvalue weighted by atomic mass is 35.5. The van der Waals surface area contributed by atoms with Gasteiger partial charge in [-0.3, -0.25) is 10.1 Å². The van der Waals surface area contributed by atoms with Crippen LogP contribution >= 0.6 is 11.6 Å². The molecule has 0 saturated carbocycles. The van der Waals surface area contributed by atoms with Gasteiger partial charge in [0.2, 0.25) is 0 Å². The van der Waals surface area contributed by atoms with Gasteiger partial charge in [-0.2, -0.15) is 0 Å². The van der Waals surface area contributed by atoms with E-state index in [-0.39, 0.29) is 24.5 Å². The van der Waals surface area contributed by atoms with Crippen molar-refractivity contribution in [2.75, 3.05) is 6.54 Å². The summed E-state index contributed by atoms with van der Waals surface area (Å²) in [4.78, 5) is 23.2. The average molecular weight is 313 g/mol. The van der Waals surface area contributed by atoms with Gasteiger partial charge in [-0.05, 0) is 32.4 Å². The molecule has 4 N–H and O–H groups in total. The monoisotopic (exact) mass is 312 g/mol. The summed E-state index contributed by atoms with van der Waals surface area (Å²) < 4.78 is 0. The molecule has 6 heteroatoms. The Morgan fingerprint density at radius 2 is 1.86 bits per heavy atom. The summed E-state index contributed by atoms with van der Waals surface area (Å²) in [7, 11) is 0. The van der Waals surface area contributed by atoms with E-state index < -0.39 is 6.03 Å². The van der Waals surface area contributed by atoms with Crippen molar-refractivity contribution in [1.82, 2.24) is 10.6 Å². The number of nitrogens with two attached hydrogens (primary N) is 1. The molecule has 0 fully saturated rings. The third-order valence-electron chi connectivity index (χ3n) is 3.30. The second-order valence-electron chi connectivity index (χ2n) is 5.11. The first-order valence-corrected chi connectivity index (χ1v) is 7.49. The van der Waals surface area contributed by atoms with Crippen LogP contribution in [0.2, 0.25) is 5.02 Å². The summed E-state index contributed by atoms with van der Waals surface area (Å²) >= 11 is 5.84. The molecule has 0 aliphatic carbocycles. The number of nitrogens with one attached hydrogen (secondary N) is 2. The van der Waals surface area contributed by atoms with Crippen LogP contribution in [0.1, 0.15) is 38.8 Å². The van der Waals surface area contributed by atoms with Crippen LogP contribution in [0.3, 0.4) is 0 Å². The molecule has 0 saturated heterocycles. The third-order valence-corrected chi connectivity index (χ3v) is 3.55. The van der Waals surface area contributed by atoms with E-state index in [1.54, 1.807) is 0 Å². The number of imide groups is 1. The fourth-order valence-corrected chi connectivity index (χ4v) is 1.85. The first-order valence-electron chi connectivity index (χ1n) is 7.11. The summed E-state index contributed by atoms with van der Waals surface area (Å²) in [5.74, 6) is -0.309. The second-order valence-corrected chi connectivity index (χ2v) is 5.55. The Morgan fingerprint density at radius 1 is 1.24 bits per heavy atom. The summed E-state index contributed by atoms with van der Waals surface area (Å²) in [6, 6.07) is 7.22. The largest absolute Gasteiger partial charge is 0.335 e. The van der Waals surface area contributed by atoms with Crippen LogP contribution in [0.25, 0.3) is 0 Å². The second kappa shape index (κ2) is 8.64. The van der Waals surface area contributed by atoms with E-state index in [1.807, 2.05) is 50.4 Å². The van der Waals surface area contributed by atoms with Crippen LogP contribution in [-0.4, -0.2) is 24.5 Å². The van der Waals surface area contributed by atoms with Gasteiger partial charge in [-0.25, -0.2) is 4.79 Å². The fourth-order valence-electron chi connectivity index (χ4n) is 1.73. The van der Waals surface area contributed by atoms with Gasteiger partial charge in [0.1, 0.15) is 6.04 Å². The molecule has 21 heavy (non-hydrogen) atoms. The molecule has 0 aliphatic rings. The SMILES string of the molecule is CC[C@@H](C)NC(=O)NC(=O)C[NH2+][C@H](C)c1ccc(Cl)cc1. The first kappa shape index (κ1) is 17.5. The number of benzene rings is 1. The number of quaternary nitrogens is 1. The van der Waals surface area contributed by atoms with E-state index in [4.69, 9.17) is 11.6 Å². The standard InChI is InChI=1S/C15H22ClN3O2/c1-4-10(2)18-15(21)19-14(20)9-17-11(3)12-5-7-13(16)8-6-12/h5-8,10-11,17H,4,9H2,1-3H3,(H2,18,19,20,21)/p+1/t10-,11-/m1/s1. The maximum atomic E-state index is 11.7. The highest BCUT2D eigenvalue weighted by Gasteiger charge is 2.14. The van der Waals surface area contributed by atoms with Crippen molar-refractivity contribution >= 4 is 23.5 Å². The molecule has 0 bridgehead atoms. The Hall–Kier alpha value is -1.59. The van der Waals surface area contributed by atoms with Gasteiger partial charge < -0.3 is 10.6 Å². The minimum atomic E-state index is -0.443. The zero-order chi connectivity index (χ0) is 15.8. The van der Waals surface area contributed by atoms with Crippen LogP contribution in [0.4, 0.5) is 4.79 Å². The molecular formula is C15H23ClN3O2+. The molecule has 0 radical (unpaired) electrons. The Bertz CT molecular complexity index is 476. The molecule has 0 unspecified atom stereocenters. The molecule has 5 nitrogen and oxygen atoms in total. The van der Waals surface area contributed by atoms with Gasteiger partial charge in [0.15, 0.2) is 6.54 Å².